The highest BCUT2D eigenvalue weighted by atomic mass is 19.1. The molecule has 0 aliphatic heterocycles. The lowest BCUT2D eigenvalue weighted by atomic mass is 10.0. The predicted octanol–water partition coefficient (Wildman–Crippen LogP) is 2.91. The second-order valence-corrected chi connectivity index (χ2v) is 6.38. The fraction of sp³-hybridized carbons (Fsp3) is 0.250. The van der Waals surface area contributed by atoms with E-state index >= 15 is 0 Å². The van der Waals surface area contributed by atoms with Gasteiger partial charge in [-0.2, -0.15) is 0 Å². The maximum Gasteiger partial charge on any atom is 0.305 e. The molecule has 2 aromatic rings. The molecule has 0 aliphatic carbocycles. The summed E-state index contributed by atoms with van der Waals surface area (Å²) in [5.74, 6) is -2.27. The Morgan fingerprint density at radius 1 is 0.889 bits per heavy atom. The number of carboxylic acids is 1. The van der Waals surface area contributed by atoms with Crippen LogP contribution in [0.15, 0.2) is 48.5 Å². The van der Waals surface area contributed by atoms with Gasteiger partial charge in [0.2, 0.25) is 0 Å². The molecule has 3 N–H and O–H groups in total. The van der Waals surface area contributed by atoms with E-state index in [9.17, 15) is 18.8 Å². The molecule has 2 rings (SSSR count). The van der Waals surface area contributed by atoms with Crippen LogP contribution >= 0.6 is 0 Å². The number of hydrogen-bond donors (Lipinski definition) is 3. The van der Waals surface area contributed by atoms with Gasteiger partial charge in [-0.15, -0.1) is 0 Å². The SMILES string of the molecule is CC(C)NC(=O)c1ccc(C(=O)NC(CC(=O)O)c2ccc(F)cc2)cc1. The third-order valence-corrected chi connectivity index (χ3v) is 3.79. The average molecular weight is 372 g/mol. The molecular formula is C20H21FN2O4. The number of carboxylic acid groups (broad SMARTS) is 1. The predicted molar refractivity (Wildman–Crippen MR) is 97.9 cm³/mol. The molecule has 1 unspecified atom stereocenters. The van der Waals surface area contributed by atoms with Crippen molar-refractivity contribution in [3.8, 4) is 0 Å². The van der Waals surface area contributed by atoms with Crippen LogP contribution in [0.1, 0.15) is 52.6 Å². The van der Waals surface area contributed by atoms with Crippen LogP contribution in [0, 0.1) is 5.82 Å². The number of benzene rings is 2. The standard InChI is InChI=1S/C20H21FN2O4/c1-12(2)22-19(26)14-3-5-15(6-4-14)20(27)23-17(11-18(24)25)13-7-9-16(21)10-8-13/h3-10,12,17H,11H2,1-2H3,(H,22,26)(H,23,27)(H,24,25). The molecule has 7 heteroatoms. The van der Waals surface area contributed by atoms with Crippen molar-refractivity contribution in [1.29, 1.82) is 0 Å². The van der Waals surface area contributed by atoms with E-state index in [0.29, 0.717) is 11.1 Å². The number of carbonyl (C=O) groups excluding carboxylic acids is 2. The van der Waals surface area contributed by atoms with Gasteiger partial charge in [0.1, 0.15) is 5.82 Å². The van der Waals surface area contributed by atoms with Crippen molar-refractivity contribution in [1.82, 2.24) is 10.6 Å². The molecule has 0 aliphatic rings. The van der Waals surface area contributed by atoms with Crippen molar-refractivity contribution >= 4 is 17.8 Å². The summed E-state index contributed by atoms with van der Waals surface area (Å²) in [7, 11) is 0. The molecule has 2 amide bonds. The average Bonchev–Trinajstić information content (AvgIpc) is 2.61. The molecule has 6 nitrogen and oxygen atoms in total. The Morgan fingerprint density at radius 2 is 1.37 bits per heavy atom. The zero-order chi connectivity index (χ0) is 20.0. The van der Waals surface area contributed by atoms with Gasteiger partial charge < -0.3 is 15.7 Å². The largest absolute Gasteiger partial charge is 0.481 e. The first-order chi connectivity index (χ1) is 12.8. The number of rotatable bonds is 7. The molecule has 0 radical (unpaired) electrons. The topological polar surface area (TPSA) is 95.5 Å². The molecule has 0 spiro atoms. The monoisotopic (exact) mass is 372 g/mol. The van der Waals surface area contributed by atoms with Crippen molar-refractivity contribution in [2.24, 2.45) is 0 Å². The first kappa shape index (κ1) is 20.1. The lowest BCUT2D eigenvalue weighted by Crippen LogP contribution is -2.31. The van der Waals surface area contributed by atoms with Gasteiger partial charge >= 0.3 is 5.97 Å². The van der Waals surface area contributed by atoms with E-state index in [1.54, 1.807) is 0 Å². The second-order valence-electron chi connectivity index (χ2n) is 6.38. The van der Waals surface area contributed by atoms with Gasteiger partial charge in [-0.1, -0.05) is 12.1 Å². The van der Waals surface area contributed by atoms with Crippen molar-refractivity contribution in [3.05, 3.63) is 71.0 Å². The summed E-state index contributed by atoms with van der Waals surface area (Å²) in [6.45, 7) is 3.69. The second kappa shape index (κ2) is 8.93. The van der Waals surface area contributed by atoms with Gasteiger partial charge in [0, 0.05) is 17.2 Å². The van der Waals surface area contributed by atoms with Crippen molar-refractivity contribution < 1.29 is 23.9 Å². The molecule has 0 saturated carbocycles. The van der Waals surface area contributed by atoms with Crippen LogP contribution in [0.25, 0.3) is 0 Å². The van der Waals surface area contributed by atoms with Crippen molar-refractivity contribution in [3.63, 3.8) is 0 Å². The van der Waals surface area contributed by atoms with Crippen LogP contribution in [0.2, 0.25) is 0 Å². The first-order valence-corrected chi connectivity index (χ1v) is 8.45. The summed E-state index contributed by atoms with van der Waals surface area (Å²) in [5.41, 5.74) is 1.19. The lowest BCUT2D eigenvalue weighted by Gasteiger charge is -2.17. The number of nitrogens with one attached hydrogen (secondary N) is 2. The smallest absolute Gasteiger partial charge is 0.305 e. The van der Waals surface area contributed by atoms with Crippen LogP contribution in [-0.2, 0) is 4.79 Å². The van der Waals surface area contributed by atoms with Crippen LogP contribution in [0.5, 0.6) is 0 Å². The molecule has 142 valence electrons. The van der Waals surface area contributed by atoms with Crippen LogP contribution in [0.4, 0.5) is 4.39 Å². The normalized spacial score (nSPS) is 11.7. The van der Waals surface area contributed by atoms with E-state index in [2.05, 4.69) is 10.6 Å². The lowest BCUT2D eigenvalue weighted by molar-refractivity contribution is -0.137. The maximum absolute atomic E-state index is 13.1. The minimum Gasteiger partial charge on any atom is -0.481 e. The van der Waals surface area contributed by atoms with Crippen molar-refractivity contribution in [2.75, 3.05) is 0 Å². The molecule has 0 fully saturated rings. The highest BCUT2D eigenvalue weighted by Crippen LogP contribution is 2.18. The molecule has 27 heavy (non-hydrogen) atoms. The zero-order valence-corrected chi connectivity index (χ0v) is 15.0. The van der Waals surface area contributed by atoms with Crippen LogP contribution < -0.4 is 10.6 Å². The molecular weight excluding hydrogens is 351 g/mol. The Balaban J connectivity index is 2.13. The summed E-state index contributed by atoms with van der Waals surface area (Å²) >= 11 is 0. The van der Waals surface area contributed by atoms with E-state index in [0.717, 1.165) is 0 Å². The Hall–Kier alpha value is -3.22. The molecule has 0 bridgehead atoms. The minimum atomic E-state index is -1.09. The third kappa shape index (κ3) is 5.91. The fourth-order valence-electron chi connectivity index (χ4n) is 2.48. The van der Waals surface area contributed by atoms with E-state index < -0.39 is 23.7 Å². The minimum absolute atomic E-state index is 0.00652. The Labute approximate surface area is 156 Å². The summed E-state index contributed by atoms with van der Waals surface area (Å²) in [5, 5.41) is 14.5. The van der Waals surface area contributed by atoms with E-state index in [4.69, 9.17) is 5.11 Å². The van der Waals surface area contributed by atoms with E-state index in [1.165, 1.54) is 48.5 Å². The Morgan fingerprint density at radius 3 is 1.81 bits per heavy atom. The summed E-state index contributed by atoms with van der Waals surface area (Å²) in [6.07, 6.45) is -0.341. The molecule has 0 heterocycles. The van der Waals surface area contributed by atoms with Crippen LogP contribution in [0.3, 0.4) is 0 Å². The van der Waals surface area contributed by atoms with Gasteiger partial charge in [-0.05, 0) is 55.8 Å². The van der Waals surface area contributed by atoms with Gasteiger partial charge in [-0.25, -0.2) is 4.39 Å². The zero-order valence-electron chi connectivity index (χ0n) is 15.0. The van der Waals surface area contributed by atoms with Gasteiger partial charge in [0.05, 0.1) is 12.5 Å². The van der Waals surface area contributed by atoms with Crippen LogP contribution in [-0.4, -0.2) is 28.9 Å². The van der Waals surface area contributed by atoms with Gasteiger partial charge in [-0.3, -0.25) is 14.4 Å². The highest BCUT2D eigenvalue weighted by Gasteiger charge is 2.19. The molecule has 0 aromatic heterocycles. The number of aliphatic carboxylic acids is 1. The number of halogens is 1. The highest BCUT2D eigenvalue weighted by molar-refractivity contribution is 5.98. The number of hydrogen-bond acceptors (Lipinski definition) is 3. The maximum atomic E-state index is 13.1. The van der Waals surface area contributed by atoms with E-state index in [-0.39, 0.29) is 23.9 Å². The van der Waals surface area contributed by atoms with Gasteiger partial charge in [0.25, 0.3) is 11.8 Å². The van der Waals surface area contributed by atoms with Crippen molar-refractivity contribution in [2.45, 2.75) is 32.4 Å². The summed E-state index contributed by atoms with van der Waals surface area (Å²) in [4.78, 5) is 35.5. The summed E-state index contributed by atoms with van der Waals surface area (Å²) in [6, 6.07) is 10.5. The quantitative estimate of drug-likeness (QED) is 0.696. The third-order valence-electron chi connectivity index (χ3n) is 3.79. The molecule has 1 atom stereocenters. The molecule has 0 saturated heterocycles. The van der Waals surface area contributed by atoms with E-state index in [1.807, 2.05) is 13.8 Å². The Bertz CT molecular complexity index is 817. The van der Waals surface area contributed by atoms with Gasteiger partial charge in [0.15, 0.2) is 0 Å². The number of amides is 2. The Kier molecular flexibility index (Phi) is 6.65. The number of carbonyl (C=O) groups is 3. The first-order valence-electron chi connectivity index (χ1n) is 8.45. The fourth-order valence-corrected chi connectivity index (χ4v) is 2.48. The summed E-state index contributed by atoms with van der Waals surface area (Å²) < 4.78 is 13.1. The molecule has 2 aromatic carbocycles.